The van der Waals surface area contributed by atoms with Gasteiger partial charge in [-0.1, -0.05) is 30.8 Å². The summed E-state index contributed by atoms with van der Waals surface area (Å²) < 4.78 is 5.17. The van der Waals surface area contributed by atoms with E-state index in [0.29, 0.717) is 6.04 Å². The second-order valence-corrected chi connectivity index (χ2v) is 4.50. The van der Waals surface area contributed by atoms with E-state index in [-0.39, 0.29) is 0 Å². The van der Waals surface area contributed by atoms with Crippen LogP contribution in [-0.4, -0.2) is 11.2 Å². The Morgan fingerprint density at radius 2 is 2.07 bits per heavy atom. The second kappa shape index (κ2) is 5.31. The smallest absolute Gasteiger partial charge is 0.150 e. The number of hydrogen-bond donors (Lipinski definition) is 1. The molecule has 3 heteroatoms. The summed E-state index contributed by atoms with van der Waals surface area (Å²) in [5, 5.41) is 7.44. The number of nitrogens with zero attached hydrogens (tertiary/aromatic N) is 1. The average Bonchev–Trinajstić information content (AvgIpc) is 2.52. The molecule has 0 amide bonds. The van der Waals surface area contributed by atoms with Crippen LogP contribution in [0.1, 0.15) is 50.0 Å². The molecule has 1 aromatic rings. The van der Waals surface area contributed by atoms with Gasteiger partial charge in [0.05, 0.1) is 12.2 Å². The molecule has 1 aromatic heterocycles. The van der Waals surface area contributed by atoms with Crippen molar-refractivity contribution < 1.29 is 4.52 Å². The van der Waals surface area contributed by atoms with Crippen molar-refractivity contribution in [2.45, 2.75) is 58.0 Å². The standard InChI is InChI=1S/C12H20N2O/c1-10-8-12(15-14-10)9-13-11-6-4-2-3-5-7-11/h8,11,13H,2-7,9H2,1H3. The number of hydrogen-bond acceptors (Lipinski definition) is 3. The Labute approximate surface area is 91.2 Å². The highest BCUT2D eigenvalue weighted by Gasteiger charge is 2.12. The maximum absolute atomic E-state index is 5.17. The second-order valence-electron chi connectivity index (χ2n) is 4.50. The lowest BCUT2D eigenvalue weighted by atomic mass is 10.1. The van der Waals surface area contributed by atoms with Gasteiger partial charge in [0.15, 0.2) is 5.76 Å². The van der Waals surface area contributed by atoms with Gasteiger partial charge >= 0.3 is 0 Å². The third-order valence-electron chi connectivity index (χ3n) is 3.10. The Hall–Kier alpha value is -0.830. The van der Waals surface area contributed by atoms with Crippen molar-refractivity contribution >= 4 is 0 Å². The lowest BCUT2D eigenvalue weighted by Crippen LogP contribution is -2.27. The summed E-state index contributed by atoms with van der Waals surface area (Å²) in [6.07, 6.45) is 8.17. The molecule has 0 bridgehead atoms. The van der Waals surface area contributed by atoms with E-state index in [0.717, 1.165) is 18.0 Å². The van der Waals surface area contributed by atoms with Crippen molar-refractivity contribution in [2.75, 3.05) is 0 Å². The maximum atomic E-state index is 5.17. The molecule has 1 N–H and O–H groups in total. The van der Waals surface area contributed by atoms with Gasteiger partial charge in [-0.05, 0) is 19.8 Å². The van der Waals surface area contributed by atoms with Gasteiger partial charge in [-0.3, -0.25) is 0 Å². The van der Waals surface area contributed by atoms with Crippen LogP contribution in [-0.2, 0) is 6.54 Å². The van der Waals surface area contributed by atoms with E-state index in [1.54, 1.807) is 0 Å². The predicted molar refractivity (Wildman–Crippen MR) is 59.6 cm³/mol. The van der Waals surface area contributed by atoms with Crippen LogP contribution in [0.2, 0.25) is 0 Å². The minimum absolute atomic E-state index is 0.679. The van der Waals surface area contributed by atoms with Crippen molar-refractivity contribution in [3.05, 3.63) is 17.5 Å². The largest absolute Gasteiger partial charge is 0.360 e. The van der Waals surface area contributed by atoms with Gasteiger partial charge in [0, 0.05) is 12.1 Å². The van der Waals surface area contributed by atoms with Gasteiger partial charge in [0.25, 0.3) is 0 Å². The molecule has 0 radical (unpaired) electrons. The summed E-state index contributed by atoms with van der Waals surface area (Å²) in [4.78, 5) is 0. The van der Waals surface area contributed by atoms with Gasteiger partial charge in [-0.15, -0.1) is 0 Å². The maximum Gasteiger partial charge on any atom is 0.150 e. The zero-order valence-electron chi connectivity index (χ0n) is 9.46. The van der Waals surface area contributed by atoms with E-state index < -0.39 is 0 Å². The number of aromatic nitrogens is 1. The van der Waals surface area contributed by atoms with Crippen LogP contribution < -0.4 is 5.32 Å². The Kier molecular flexibility index (Phi) is 3.78. The lowest BCUT2D eigenvalue weighted by Gasteiger charge is -2.14. The van der Waals surface area contributed by atoms with Crippen LogP contribution in [0.4, 0.5) is 0 Å². The SMILES string of the molecule is Cc1cc(CNC2CCCCCC2)on1. The van der Waals surface area contributed by atoms with E-state index in [9.17, 15) is 0 Å². The third-order valence-corrected chi connectivity index (χ3v) is 3.10. The van der Waals surface area contributed by atoms with Gasteiger partial charge in [0.2, 0.25) is 0 Å². The van der Waals surface area contributed by atoms with E-state index in [2.05, 4.69) is 10.5 Å². The van der Waals surface area contributed by atoms with E-state index in [1.165, 1.54) is 38.5 Å². The van der Waals surface area contributed by atoms with Crippen LogP contribution in [0.15, 0.2) is 10.6 Å². The molecule has 2 rings (SSSR count). The fourth-order valence-electron chi connectivity index (χ4n) is 2.23. The Morgan fingerprint density at radius 1 is 1.33 bits per heavy atom. The number of aryl methyl sites for hydroxylation is 1. The molecule has 0 saturated heterocycles. The van der Waals surface area contributed by atoms with Crippen molar-refractivity contribution in [3.8, 4) is 0 Å². The summed E-state index contributed by atoms with van der Waals surface area (Å²) in [7, 11) is 0. The highest BCUT2D eigenvalue weighted by atomic mass is 16.5. The molecule has 0 unspecified atom stereocenters. The molecule has 3 nitrogen and oxygen atoms in total. The van der Waals surface area contributed by atoms with Gasteiger partial charge in [-0.2, -0.15) is 0 Å². The van der Waals surface area contributed by atoms with Crippen LogP contribution in [0.25, 0.3) is 0 Å². The fourth-order valence-corrected chi connectivity index (χ4v) is 2.23. The monoisotopic (exact) mass is 208 g/mol. The van der Waals surface area contributed by atoms with E-state index >= 15 is 0 Å². The van der Waals surface area contributed by atoms with Crippen molar-refractivity contribution in [1.29, 1.82) is 0 Å². The molecule has 1 heterocycles. The minimum atomic E-state index is 0.679. The topological polar surface area (TPSA) is 38.1 Å². The predicted octanol–water partition coefficient (Wildman–Crippen LogP) is 2.80. The molecule has 1 fully saturated rings. The molecular formula is C12H20N2O. The Bertz CT molecular complexity index is 288. The molecule has 84 valence electrons. The zero-order valence-corrected chi connectivity index (χ0v) is 9.46. The third kappa shape index (κ3) is 3.34. The molecule has 0 atom stereocenters. The molecule has 1 aliphatic carbocycles. The molecule has 0 spiro atoms. The summed E-state index contributed by atoms with van der Waals surface area (Å²) in [6, 6.07) is 2.68. The number of nitrogens with one attached hydrogen (secondary N) is 1. The minimum Gasteiger partial charge on any atom is -0.360 e. The van der Waals surface area contributed by atoms with Crippen LogP contribution in [0, 0.1) is 6.92 Å². The Morgan fingerprint density at radius 3 is 2.67 bits per heavy atom. The van der Waals surface area contributed by atoms with E-state index in [4.69, 9.17) is 4.52 Å². The van der Waals surface area contributed by atoms with Crippen LogP contribution in [0.3, 0.4) is 0 Å². The first-order valence-electron chi connectivity index (χ1n) is 6.00. The average molecular weight is 208 g/mol. The molecule has 0 aromatic carbocycles. The highest BCUT2D eigenvalue weighted by Crippen LogP contribution is 2.17. The molecule has 0 aliphatic heterocycles. The van der Waals surface area contributed by atoms with Gasteiger partial charge in [0.1, 0.15) is 0 Å². The van der Waals surface area contributed by atoms with Crippen LogP contribution in [0.5, 0.6) is 0 Å². The van der Waals surface area contributed by atoms with Crippen molar-refractivity contribution in [3.63, 3.8) is 0 Å². The normalized spacial score (nSPS) is 19.0. The molecular weight excluding hydrogens is 188 g/mol. The van der Waals surface area contributed by atoms with E-state index in [1.807, 2.05) is 13.0 Å². The summed E-state index contributed by atoms with van der Waals surface area (Å²) in [5.41, 5.74) is 0.965. The van der Waals surface area contributed by atoms with Gasteiger partial charge in [-0.25, -0.2) is 0 Å². The Balaban J connectivity index is 1.76. The summed E-state index contributed by atoms with van der Waals surface area (Å²) in [6.45, 7) is 2.78. The quantitative estimate of drug-likeness (QED) is 0.776. The van der Waals surface area contributed by atoms with Gasteiger partial charge < -0.3 is 9.84 Å². The van der Waals surface area contributed by atoms with Crippen LogP contribution >= 0.6 is 0 Å². The highest BCUT2D eigenvalue weighted by molar-refractivity contribution is 5.02. The first-order valence-corrected chi connectivity index (χ1v) is 6.00. The summed E-state index contributed by atoms with van der Waals surface area (Å²) >= 11 is 0. The lowest BCUT2D eigenvalue weighted by molar-refractivity contribution is 0.352. The molecule has 1 saturated carbocycles. The van der Waals surface area contributed by atoms with Crippen molar-refractivity contribution in [2.24, 2.45) is 0 Å². The zero-order chi connectivity index (χ0) is 10.5. The first-order chi connectivity index (χ1) is 7.34. The number of rotatable bonds is 3. The first kappa shape index (κ1) is 10.7. The summed E-state index contributed by atoms with van der Waals surface area (Å²) in [5.74, 6) is 0.955. The van der Waals surface area contributed by atoms with Crippen molar-refractivity contribution in [1.82, 2.24) is 10.5 Å². The fraction of sp³-hybridized carbons (Fsp3) is 0.750. The molecule has 1 aliphatic rings. The molecule has 15 heavy (non-hydrogen) atoms.